The monoisotopic (exact) mass is 313 g/mol. The minimum absolute atomic E-state index is 0.172. The molecule has 0 amide bonds. The topological polar surface area (TPSA) is 61.1 Å². The third-order valence-corrected chi connectivity index (χ3v) is 8.30. The number of aliphatic hydroxyl groups is 1. The van der Waals surface area contributed by atoms with Gasteiger partial charge in [0.25, 0.3) is 0 Å². The van der Waals surface area contributed by atoms with Gasteiger partial charge in [0.05, 0.1) is 6.07 Å². The van der Waals surface area contributed by atoms with Crippen LogP contribution in [-0.2, 0) is 4.79 Å². The van der Waals surface area contributed by atoms with Crippen LogP contribution in [-0.4, -0.2) is 16.5 Å². The molecule has 23 heavy (non-hydrogen) atoms. The molecule has 2 unspecified atom stereocenters. The molecule has 4 rings (SSSR count). The van der Waals surface area contributed by atoms with E-state index in [0.29, 0.717) is 36.4 Å². The van der Waals surface area contributed by atoms with E-state index in [1.54, 1.807) is 0 Å². The average Bonchev–Trinajstić information content (AvgIpc) is 2.80. The van der Waals surface area contributed by atoms with E-state index in [-0.39, 0.29) is 10.8 Å². The molecule has 3 nitrogen and oxygen atoms in total. The van der Waals surface area contributed by atoms with Crippen LogP contribution >= 0.6 is 0 Å². The quantitative estimate of drug-likeness (QED) is 0.692. The predicted octanol–water partition coefficient (Wildman–Crippen LogP) is 3.77. The smallest absolute Gasteiger partial charge is 0.156 e. The van der Waals surface area contributed by atoms with Crippen molar-refractivity contribution in [3.05, 3.63) is 11.6 Å². The Bertz CT molecular complexity index is 632. The second kappa shape index (κ2) is 4.70. The average molecular weight is 313 g/mol. The first-order valence-electron chi connectivity index (χ1n) is 9.22. The lowest BCUT2D eigenvalue weighted by atomic mass is 9.46. The molecular weight excluding hydrogens is 286 g/mol. The molecule has 0 aromatic heterocycles. The second-order valence-corrected chi connectivity index (χ2v) is 8.94. The maximum atomic E-state index is 11.8. The molecule has 4 aliphatic carbocycles. The van der Waals surface area contributed by atoms with Crippen LogP contribution in [0.3, 0.4) is 0 Å². The zero-order chi connectivity index (χ0) is 16.5. The van der Waals surface area contributed by atoms with E-state index in [2.05, 4.69) is 19.9 Å². The van der Waals surface area contributed by atoms with Crippen molar-refractivity contribution in [1.82, 2.24) is 0 Å². The molecule has 0 aliphatic heterocycles. The first-order chi connectivity index (χ1) is 10.8. The van der Waals surface area contributed by atoms with Crippen molar-refractivity contribution in [2.75, 3.05) is 0 Å². The zero-order valence-corrected chi connectivity index (χ0v) is 14.3. The highest BCUT2D eigenvalue weighted by molar-refractivity contribution is 5.91. The Hall–Kier alpha value is -1.14. The van der Waals surface area contributed by atoms with Crippen LogP contribution < -0.4 is 0 Å². The number of nitriles is 1. The summed E-state index contributed by atoms with van der Waals surface area (Å²) in [7, 11) is 0. The van der Waals surface area contributed by atoms with Gasteiger partial charge in [-0.3, -0.25) is 4.79 Å². The van der Waals surface area contributed by atoms with Gasteiger partial charge in [-0.05, 0) is 74.2 Å². The number of carbonyl (C=O) groups excluding carboxylic acids is 1. The summed E-state index contributed by atoms with van der Waals surface area (Å²) in [5.74, 6) is 1.99. The van der Waals surface area contributed by atoms with Crippen molar-refractivity contribution in [2.45, 2.75) is 70.8 Å². The summed E-state index contributed by atoms with van der Waals surface area (Å²) in [6.45, 7) is 4.53. The van der Waals surface area contributed by atoms with Crippen LogP contribution in [0, 0.1) is 39.9 Å². The Morgan fingerprint density at radius 2 is 1.87 bits per heavy atom. The number of carbonyl (C=O) groups is 1. The molecule has 0 aromatic rings. The fourth-order valence-corrected chi connectivity index (χ4v) is 6.76. The first-order valence-corrected chi connectivity index (χ1v) is 9.22. The lowest BCUT2D eigenvalue weighted by Gasteiger charge is -2.58. The highest BCUT2D eigenvalue weighted by Gasteiger charge is 2.64. The minimum atomic E-state index is -1.14. The second-order valence-electron chi connectivity index (χ2n) is 8.94. The van der Waals surface area contributed by atoms with E-state index in [0.717, 1.165) is 38.5 Å². The maximum absolute atomic E-state index is 11.8. The summed E-state index contributed by atoms with van der Waals surface area (Å²) in [6, 6.07) is 2.25. The molecule has 0 aromatic carbocycles. The van der Waals surface area contributed by atoms with Crippen LogP contribution in [0.15, 0.2) is 11.6 Å². The molecule has 124 valence electrons. The number of nitrogens with zero attached hydrogens (tertiary/aromatic N) is 1. The number of hydrogen-bond acceptors (Lipinski definition) is 3. The highest BCUT2D eigenvalue weighted by Crippen LogP contribution is 2.67. The molecule has 0 radical (unpaired) electrons. The molecular formula is C20H27NO2. The lowest BCUT2D eigenvalue weighted by molar-refractivity contribution is -0.119. The molecule has 1 N–H and O–H groups in total. The van der Waals surface area contributed by atoms with Crippen molar-refractivity contribution in [2.24, 2.45) is 28.6 Å². The van der Waals surface area contributed by atoms with E-state index < -0.39 is 5.60 Å². The predicted molar refractivity (Wildman–Crippen MR) is 87.3 cm³/mol. The van der Waals surface area contributed by atoms with Crippen LogP contribution in [0.5, 0.6) is 0 Å². The first kappa shape index (κ1) is 15.4. The van der Waals surface area contributed by atoms with Gasteiger partial charge in [0.2, 0.25) is 0 Å². The minimum Gasteiger partial charge on any atom is -0.375 e. The van der Waals surface area contributed by atoms with E-state index in [4.69, 9.17) is 0 Å². The summed E-state index contributed by atoms with van der Waals surface area (Å²) in [5, 5.41) is 20.4. The Morgan fingerprint density at radius 3 is 2.61 bits per heavy atom. The number of ketones is 1. The largest absolute Gasteiger partial charge is 0.375 e. The normalized spacial score (nSPS) is 52.0. The van der Waals surface area contributed by atoms with Gasteiger partial charge >= 0.3 is 0 Å². The van der Waals surface area contributed by atoms with Crippen LogP contribution in [0.2, 0.25) is 0 Å². The third kappa shape index (κ3) is 1.82. The molecule has 0 spiro atoms. The Morgan fingerprint density at radius 1 is 1.13 bits per heavy atom. The molecule has 0 heterocycles. The van der Waals surface area contributed by atoms with Crippen molar-refractivity contribution in [1.29, 1.82) is 5.26 Å². The SMILES string of the molecule is C[C@]12CCC(=O)C=C1CCC1[C@H]2CC[C@@]2(C)[C@@H]1CCC2(O)C#N. The van der Waals surface area contributed by atoms with E-state index in [1.807, 2.05) is 6.08 Å². The van der Waals surface area contributed by atoms with Gasteiger partial charge in [-0.1, -0.05) is 19.4 Å². The van der Waals surface area contributed by atoms with Gasteiger partial charge in [0.1, 0.15) is 0 Å². The lowest BCUT2D eigenvalue weighted by Crippen LogP contribution is -2.54. The number of rotatable bonds is 0. The van der Waals surface area contributed by atoms with Gasteiger partial charge in [-0.15, -0.1) is 0 Å². The fraction of sp³-hybridized carbons (Fsp3) is 0.800. The van der Waals surface area contributed by atoms with Gasteiger partial charge in [0, 0.05) is 11.8 Å². The maximum Gasteiger partial charge on any atom is 0.156 e. The summed E-state index contributed by atoms with van der Waals surface area (Å²) in [6.07, 6.45) is 9.42. The zero-order valence-electron chi connectivity index (χ0n) is 14.3. The molecule has 3 saturated carbocycles. The molecule has 0 bridgehead atoms. The van der Waals surface area contributed by atoms with E-state index in [9.17, 15) is 15.2 Å². The molecule has 6 atom stereocenters. The molecule has 4 aliphatic rings. The van der Waals surface area contributed by atoms with Gasteiger partial charge < -0.3 is 5.11 Å². The van der Waals surface area contributed by atoms with Crippen molar-refractivity contribution in [3.8, 4) is 6.07 Å². The van der Waals surface area contributed by atoms with Crippen LogP contribution in [0.25, 0.3) is 0 Å². The van der Waals surface area contributed by atoms with Crippen molar-refractivity contribution < 1.29 is 9.90 Å². The Balaban J connectivity index is 1.70. The molecule has 0 saturated heterocycles. The summed E-state index contributed by atoms with van der Waals surface area (Å²) < 4.78 is 0. The molecule has 3 fully saturated rings. The standard InChI is InChI=1S/C20H27NO2/c1-18-8-5-14(22)11-13(18)3-4-15-16(18)6-9-19(2)17(15)7-10-20(19,23)12-21/h11,15-17,23H,3-10H2,1-2H3/t15?,16-,17-,18+,19+,20?/m1/s1. The third-order valence-electron chi connectivity index (χ3n) is 8.30. The van der Waals surface area contributed by atoms with Gasteiger partial charge in [-0.2, -0.15) is 5.26 Å². The molecule has 3 heteroatoms. The summed E-state index contributed by atoms with van der Waals surface area (Å²) >= 11 is 0. The van der Waals surface area contributed by atoms with Crippen molar-refractivity contribution >= 4 is 5.78 Å². The Kier molecular flexibility index (Phi) is 3.14. The van der Waals surface area contributed by atoms with Crippen LogP contribution in [0.4, 0.5) is 0 Å². The van der Waals surface area contributed by atoms with E-state index in [1.165, 1.54) is 5.57 Å². The van der Waals surface area contributed by atoms with E-state index >= 15 is 0 Å². The fourth-order valence-electron chi connectivity index (χ4n) is 6.76. The highest BCUT2D eigenvalue weighted by atomic mass is 16.3. The Labute approximate surface area is 138 Å². The van der Waals surface area contributed by atoms with Gasteiger partial charge in [0.15, 0.2) is 11.4 Å². The number of allylic oxidation sites excluding steroid dienone is 1. The summed E-state index contributed by atoms with van der Waals surface area (Å²) in [4.78, 5) is 11.8. The summed E-state index contributed by atoms with van der Waals surface area (Å²) in [5.41, 5.74) is 0.172. The van der Waals surface area contributed by atoms with Crippen molar-refractivity contribution in [3.63, 3.8) is 0 Å². The van der Waals surface area contributed by atoms with Crippen LogP contribution in [0.1, 0.15) is 65.2 Å². The van der Waals surface area contributed by atoms with Gasteiger partial charge in [-0.25, -0.2) is 0 Å². The number of fused-ring (bicyclic) bond motifs is 5. The number of hydrogen-bond donors (Lipinski definition) is 1.